The Morgan fingerprint density at radius 1 is 0.500 bits per heavy atom. The second kappa shape index (κ2) is 20.0. The lowest BCUT2D eigenvalue weighted by molar-refractivity contribution is 0.185. The summed E-state index contributed by atoms with van der Waals surface area (Å²) in [5.41, 5.74) is 6.34. The van der Waals surface area contributed by atoms with Gasteiger partial charge in [-0.05, 0) is 163 Å². The summed E-state index contributed by atoms with van der Waals surface area (Å²) in [5, 5.41) is 12.7. The number of unbranched alkanes of at least 4 members (excludes halogenated alkanes) is 2. The Morgan fingerprint density at radius 3 is 1.21 bits per heavy atom. The first-order valence-electron chi connectivity index (χ1n) is 22.6. The third-order valence-electron chi connectivity index (χ3n) is 14.4. The first kappa shape index (κ1) is 40.4. The van der Waals surface area contributed by atoms with Gasteiger partial charge >= 0.3 is 12.1 Å². The Labute approximate surface area is 345 Å². The van der Waals surface area contributed by atoms with Crippen LogP contribution in [-0.4, -0.2) is 71.6 Å². The summed E-state index contributed by atoms with van der Waals surface area (Å²) in [6.45, 7) is 3.94. The van der Waals surface area contributed by atoms with E-state index in [1.807, 2.05) is 21.6 Å². The number of hydrogen-bond acceptors (Lipinski definition) is 6. The second-order valence-electron chi connectivity index (χ2n) is 17.8. The number of hydrogen-bond donors (Lipinski definition) is 4. The highest BCUT2D eigenvalue weighted by atomic mass is 33.1. The molecule has 4 fully saturated rings. The third kappa shape index (κ3) is 10.1. The summed E-state index contributed by atoms with van der Waals surface area (Å²) in [6, 6.07) is 21.5. The minimum absolute atomic E-state index is 0.0123. The Kier molecular flexibility index (Phi) is 14.5. The lowest BCUT2D eigenvalue weighted by Gasteiger charge is -2.31. The molecule has 0 spiro atoms. The van der Waals surface area contributed by atoms with Crippen molar-refractivity contribution in [3.05, 3.63) is 70.8 Å². The zero-order valence-corrected chi connectivity index (χ0v) is 35.4. The topological polar surface area (TPSA) is 88.7 Å². The number of amides is 4. The molecule has 4 N–H and O–H groups in total. The van der Waals surface area contributed by atoms with Crippen LogP contribution in [0.15, 0.2) is 48.5 Å². The van der Waals surface area contributed by atoms with E-state index in [1.165, 1.54) is 77.3 Å². The van der Waals surface area contributed by atoms with Gasteiger partial charge in [0.2, 0.25) is 0 Å². The number of nitrogens with zero attached hydrogens (tertiary/aromatic N) is 2. The van der Waals surface area contributed by atoms with Crippen molar-refractivity contribution in [2.24, 2.45) is 11.8 Å². The molecule has 4 atom stereocenters. The molecule has 2 saturated heterocycles. The fourth-order valence-corrected chi connectivity index (χ4v) is 13.6. The summed E-state index contributed by atoms with van der Waals surface area (Å²) >= 11 is 0. The third-order valence-corrected chi connectivity index (χ3v) is 17.0. The fraction of sp³-hybridized carbons (Fsp3) is 0.696. The van der Waals surface area contributed by atoms with Crippen molar-refractivity contribution in [2.75, 3.05) is 37.7 Å². The van der Waals surface area contributed by atoms with E-state index in [2.05, 4.69) is 79.6 Å². The molecule has 2 aromatic rings. The van der Waals surface area contributed by atoms with Crippen LogP contribution in [0, 0.1) is 11.8 Å². The lowest BCUT2D eigenvalue weighted by atomic mass is 9.84. The molecule has 8 nitrogen and oxygen atoms in total. The smallest absolute Gasteiger partial charge is 0.315 e. The first-order chi connectivity index (χ1) is 27.6. The van der Waals surface area contributed by atoms with Crippen molar-refractivity contribution in [1.82, 2.24) is 31.1 Å². The average molecular weight is 801 g/mol. The zero-order chi connectivity index (χ0) is 38.1. The summed E-state index contributed by atoms with van der Waals surface area (Å²) in [5.74, 6) is 3.81. The maximum absolute atomic E-state index is 12.5. The molecule has 4 amide bonds. The van der Waals surface area contributed by atoms with Crippen LogP contribution >= 0.6 is 21.6 Å². The number of rotatable bonds is 19. The number of benzene rings is 2. The van der Waals surface area contributed by atoms with E-state index in [0.29, 0.717) is 36.3 Å². The van der Waals surface area contributed by atoms with E-state index < -0.39 is 0 Å². The van der Waals surface area contributed by atoms with Crippen LogP contribution in [-0.2, 0) is 0 Å². The predicted octanol–water partition coefficient (Wildman–Crippen LogP) is 10.2. The molecule has 10 heteroatoms. The molecule has 4 aliphatic heterocycles. The Hall–Kier alpha value is -2.40. The summed E-state index contributed by atoms with van der Waals surface area (Å²) in [4.78, 5) is 30.6. The number of fused-ring (bicyclic) bond motifs is 10. The highest BCUT2D eigenvalue weighted by molar-refractivity contribution is 8.76. The number of carbonyl (C=O) groups excluding carboxylic acids is 2. The predicted molar refractivity (Wildman–Crippen MR) is 233 cm³/mol. The molecular formula is C46H68N6O2S2. The maximum Gasteiger partial charge on any atom is 0.315 e. The second-order valence-corrected chi connectivity index (χ2v) is 20.5. The zero-order valence-electron chi connectivity index (χ0n) is 33.7. The molecule has 56 heavy (non-hydrogen) atoms. The molecule has 4 bridgehead atoms. The van der Waals surface area contributed by atoms with Gasteiger partial charge in [-0.2, -0.15) is 0 Å². The first-order valence-corrected chi connectivity index (χ1v) is 25.1. The molecule has 6 aliphatic rings. The molecule has 8 rings (SSSR count). The Bertz CT molecular complexity index is 1400. The molecule has 306 valence electrons. The van der Waals surface area contributed by atoms with Crippen LogP contribution in [0.1, 0.15) is 162 Å². The monoisotopic (exact) mass is 800 g/mol. The van der Waals surface area contributed by atoms with Crippen molar-refractivity contribution in [3.63, 3.8) is 0 Å². The van der Waals surface area contributed by atoms with Gasteiger partial charge < -0.3 is 21.3 Å². The average Bonchev–Trinajstić information content (AvgIpc) is 3.99. The molecule has 2 aliphatic carbocycles. The summed E-state index contributed by atoms with van der Waals surface area (Å²) in [7, 11) is 3.87. The van der Waals surface area contributed by atoms with Crippen LogP contribution in [0.2, 0.25) is 0 Å². The molecule has 0 radical (unpaired) electrons. The minimum Gasteiger partial charge on any atom is -0.338 e. The van der Waals surface area contributed by atoms with Crippen LogP contribution in [0.4, 0.5) is 9.59 Å². The highest BCUT2D eigenvalue weighted by Gasteiger charge is 2.44. The van der Waals surface area contributed by atoms with Gasteiger partial charge in [-0.15, -0.1) is 0 Å². The van der Waals surface area contributed by atoms with Gasteiger partial charge in [0.25, 0.3) is 0 Å². The molecule has 0 aromatic heterocycles. The number of carbonyl (C=O) groups is 2. The van der Waals surface area contributed by atoms with Crippen molar-refractivity contribution in [3.8, 4) is 0 Å². The largest absolute Gasteiger partial charge is 0.338 e. The summed E-state index contributed by atoms with van der Waals surface area (Å²) < 4.78 is 0. The van der Waals surface area contributed by atoms with Gasteiger partial charge in [0.05, 0.1) is 0 Å². The Morgan fingerprint density at radius 2 is 0.857 bits per heavy atom. The van der Waals surface area contributed by atoms with E-state index in [9.17, 15) is 9.59 Å². The molecule has 4 heterocycles. The van der Waals surface area contributed by atoms with E-state index in [0.717, 1.165) is 87.8 Å². The van der Waals surface area contributed by atoms with Crippen LogP contribution in [0.25, 0.3) is 0 Å². The molecule has 4 unspecified atom stereocenters. The van der Waals surface area contributed by atoms with Crippen molar-refractivity contribution in [1.29, 1.82) is 0 Å². The van der Waals surface area contributed by atoms with E-state index in [1.54, 1.807) is 22.3 Å². The lowest BCUT2D eigenvalue weighted by Crippen LogP contribution is -2.44. The van der Waals surface area contributed by atoms with Crippen LogP contribution < -0.4 is 21.3 Å². The maximum atomic E-state index is 12.5. The summed E-state index contributed by atoms with van der Waals surface area (Å²) in [6.07, 6.45) is 21.5. The SMILES string of the molecule is O=C(NCCCCSSCCCCNC(=O)NC1CCC(CCN2C3CCC2c2ccccc23)CC1)NC1CCC(CCN2C3CCC2c2ccccc23)CC1. The van der Waals surface area contributed by atoms with Crippen molar-refractivity contribution in [2.45, 2.75) is 152 Å². The van der Waals surface area contributed by atoms with Crippen LogP contribution in [0.5, 0.6) is 0 Å². The Balaban J connectivity index is 0.570. The molecular weight excluding hydrogens is 733 g/mol. The number of urea groups is 2. The van der Waals surface area contributed by atoms with E-state index in [4.69, 9.17) is 0 Å². The van der Waals surface area contributed by atoms with Crippen molar-refractivity contribution < 1.29 is 9.59 Å². The fourth-order valence-electron chi connectivity index (χ4n) is 11.3. The van der Waals surface area contributed by atoms with Gasteiger partial charge in [0.15, 0.2) is 0 Å². The van der Waals surface area contributed by atoms with E-state index in [-0.39, 0.29) is 12.1 Å². The molecule has 2 saturated carbocycles. The van der Waals surface area contributed by atoms with Gasteiger partial charge in [-0.25, -0.2) is 9.59 Å². The van der Waals surface area contributed by atoms with Gasteiger partial charge in [0.1, 0.15) is 0 Å². The van der Waals surface area contributed by atoms with Gasteiger partial charge in [-0.1, -0.05) is 70.1 Å². The van der Waals surface area contributed by atoms with Crippen LogP contribution in [0.3, 0.4) is 0 Å². The standard InChI is InChI=1S/C46H68N6O2S2/c53-45(49-35-17-13-33(14-18-35)25-29-51-41-21-22-42(51)38-10-2-1-9-37(38)41)47-27-5-7-31-55-56-32-8-6-28-48-46(54)50-36-19-15-34(16-20-36)26-30-52-43-23-24-44(52)40-12-4-3-11-39(40)43/h1-4,9-12,33-36,41-44H,5-8,13-32H2,(H2,47,49,53)(H2,48,50,54). The van der Waals surface area contributed by atoms with Gasteiger partial charge in [0, 0.05) is 60.8 Å². The van der Waals surface area contributed by atoms with E-state index >= 15 is 0 Å². The highest BCUT2D eigenvalue weighted by Crippen LogP contribution is 2.54. The minimum atomic E-state index is 0.0123. The quantitative estimate of drug-likeness (QED) is 0.0836. The normalized spacial score (nSPS) is 29.2. The number of nitrogens with one attached hydrogen (secondary N) is 4. The van der Waals surface area contributed by atoms with Crippen molar-refractivity contribution >= 4 is 33.7 Å². The van der Waals surface area contributed by atoms with Gasteiger partial charge in [-0.3, -0.25) is 9.80 Å². The molecule has 2 aromatic carbocycles.